The van der Waals surface area contributed by atoms with Crippen LogP contribution in [0, 0.1) is 0 Å². The highest BCUT2D eigenvalue weighted by Crippen LogP contribution is 2.07. The average Bonchev–Trinajstić information content (AvgIpc) is 2.74. The second-order valence-corrected chi connectivity index (χ2v) is 3.09. The number of aromatic amines is 1. The normalized spacial score (nSPS) is 11.0. The van der Waals surface area contributed by atoms with E-state index in [1.807, 2.05) is 36.1 Å². The molecule has 0 aromatic carbocycles. The SMILES string of the molecule is C(=C\c1cnsc1)/c1cc[nH]c1. The fraction of sp³-hybridized carbons (Fsp3) is 0. The van der Waals surface area contributed by atoms with Crippen molar-refractivity contribution in [3.8, 4) is 0 Å². The van der Waals surface area contributed by atoms with E-state index in [1.165, 1.54) is 17.1 Å². The minimum absolute atomic E-state index is 1.15. The Morgan fingerprint density at radius 1 is 1.33 bits per heavy atom. The van der Waals surface area contributed by atoms with Crippen molar-refractivity contribution < 1.29 is 0 Å². The summed E-state index contributed by atoms with van der Waals surface area (Å²) in [5.74, 6) is 0. The molecule has 0 amide bonds. The van der Waals surface area contributed by atoms with Gasteiger partial charge < -0.3 is 4.98 Å². The molecule has 2 nitrogen and oxygen atoms in total. The quantitative estimate of drug-likeness (QED) is 0.748. The zero-order valence-electron chi connectivity index (χ0n) is 6.40. The van der Waals surface area contributed by atoms with Gasteiger partial charge in [0.15, 0.2) is 0 Å². The lowest BCUT2D eigenvalue weighted by atomic mass is 10.2. The van der Waals surface area contributed by atoms with E-state index in [0.717, 1.165) is 5.56 Å². The highest BCUT2D eigenvalue weighted by molar-refractivity contribution is 7.03. The van der Waals surface area contributed by atoms with E-state index in [4.69, 9.17) is 0 Å². The molecule has 2 rings (SSSR count). The maximum Gasteiger partial charge on any atom is 0.0479 e. The Morgan fingerprint density at radius 3 is 2.92 bits per heavy atom. The molecule has 2 aromatic rings. The number of H-pyrrole nitrogens is 1. The third-order valence-corrected chi connectivity index (χ3v) is 2.15. The largest absolute Gasteiger partial charge is 0.367 e. The van der Waals surface area contributed by atoms with Crippen LogP contribution in [0.15, 0.2) is 30.0 Å². The molecule has 0 unspecified atom stereocenters. The van der Waals surface area contributed by atoms with Crippen LogP contribution in [0.3, 0.4) is 0 Å². The summed E-state index contributed by atoms with van der Waals surface area (Å²) in [5.41, 5.74) is 2.34. The van der Waals surface area contributed by atoms with Gasteiger partial charge in [-0.2, -0.15) is 0 Å². The van der Waals surface area contributed by atoms with Crippen molar-refractivity contribution in [1.82, 2.24) is 9.36 Å². The molecule has 0 bridgehead atoms. The van der Waals surface area contributed by atoms with Crippen LogP contribution in [0.1, 0.15) is 11.1 Å². The Hall–Kier alpha value is -1.35. The van der Waals surface area contributed by atoms with Gasteiger partial charge in [-0.15, -0.1) is 0 Å². The maximum atomic E-state index is 4.00. The number of nitrogens with one attached hydrogen (secondary N) is 1. The first-order valence-electron chi connectivity index (χ1n) is 3.65. The summed E-state index contributed by atoms with van der Waals surface area (Å²) >= 11 is 1.47. The van der Waals surface area contributed by atoms with Crippen molar-refractivity contribution in [3.05, 3.63) is 41.2 Å². The first kappa shape index (κ1) is 7.31. The van der Waals surface area contributed by atoms with E-state index < -0.39 is 0 Å². The van der Waals surface area contributed by atoms with E-state index >= 15 is 0 Å². The number of rotatable bonds is 2. The number of hydrogen-bond acceptors (Lipinski definition) is 2. The van der Waals surface area contributed by atoms with Gasteiger partial charge in [0.1, 0.15) is 0 Å². The van der Waals surface area contributed by atoms with Gasteiger partial charge in [-0.1, -0.05) is 12.2 Å². The van der Waals surface area contributed by atoms with E-state index in [2.05, 4.69) is 15.4 Å². The minimum Gasteiger partial charge on any atom is -0.367 e. The van der Waals surface area contributed by atoms with Gasteiger partial charge >= 0.3 is 0 Å². The van der Waals surface area contributed by atoms with E-state index in [-0.39, 0.29) is 0 Å². The van der Waals surface area contributed by atoms with Crippen LogP contribution in [0.5, 0.6) is 0 Å². The lowest BCUT2D eigenvalue weighted by Gasteiger charge is -1.81. The lowest BCUT2D eigenvalue weighted by Crippen LogP contribution is -1.62. The van der Waals surface area contributed by atoms with Crippen molar-refractivity contribution >= 4 is 23.7 Å². The smallest absolute Gasteiger partial charge is 0.0479 e. The first-order chi connectivity index (χ1) is 5.95. The minimum atomic E-state index is 1.15. The molecule has 0 aliphatic carbocycles. The molecule has 0 spiro atoms. The molecule has 3 heteroatoms. The predicted octanol–water partition coefficient (Wildman–Crippen LogP) is 2.64. The third-order valence-electron chi connectivity index (χ3n) is 1.54. The summed E-state index contributed by atoms with van der Waals surface area (Å²) in [6, 6.07) is 2.02. The topological polar surface area (TPSA) is 28.7 Å². The van der Waals surface area contributed by atoms with E-state index in [1.54, 1.807) is 0 Å². The van der Waals surface area contributed by atoms with Crippen LogP contribution >= 0.6 is 11.5 Å². The second kappa shape index (κ2) is 3.36. The van der Waals surface area contributed by atoms with Gasteiger partial charge in [0.2, 0.25) is 0 Å². The highest BCUT2D eigenvalue weighted by atomic mass is 32.1. The monoisotopic (exact) mass is 176 g/mol. The van der Waals surface area contributed by atoms with Crippen molar-refractivity contribution in [3.63, 3.8) is 0 Å². The fourth-order valence-corrected chi connectivity index (χ4v) is 1.43. The summed E-state index contributed by atoms with van der Waals surface area (Å²) in [6.45, 7) is 0. The van der Waals surface area contributed by atoms with Gasteiger partial charge in [0.05, 0.1) is 0 Å². The number of hydrogen-bond donors (Lipinski definition) is 1. The molecule has 0 aliphatic rings. The van der Waals surface area contributed by atoms with Crippen molar-refractivity contribution in [2.75, 3.05) is 0 Å². The Kier molecular flexibility index (Phi) is 2.05. The molecule has 0 saturated heterocycles. The summed E-state index contributed by atoms with van der Waals surface area (Å²) < 4.78 is 4.00. The number of aromatic nitrogens is 2. The average molecular weight is 176 g/mol. The van der Waals surface area contributed by atoms with Crippen LogP contribution in [-0.4, -0.2) is 9.36 Å². The molecule has 0 fully saturated rings. The fourth-order valence-electron chi connectivity index (χ4n) is 0.928. The van der Waals surface area contributed by atoms with Gasteiger partial charge in [-0.3, -0.25) is 0 Å². The maximum absolute atomic E-state index is 4.00. The van der Waals surface area contributed by atoms with Gasteiger partial charge in [0.25, 0.3) is 0 Å². The molecular formula is C9H8N2S. The zero-order valence-corrected chi connectivity index (χ0v) is 7.21. The summed E-state index contributed by atoms with van der Waals surface area (Å²) in [4.78, 5) is 3.00. The van der Waals surface area contributed by atoms with Crippen molar-refractivity contribution in [2.24, 2.45) is 0 Å². The molecule has 0 aliphatic heterocycles. The zero-order chi connectivity index (χ0) is 8.23. The molecule has 1 N–H and O–H groups in total. The Bertz CT molecular complexity index is 310. The third kappa shape index (κ3) is 1.62. The van der Waals surface area contributed by atoms with Gasteiger partial charge in [-0.05, 0) is 23.2 Å². The van der Waals surface area contributed by atoms with Gasteiger partial charge in [-0.25, -0.2) is 4.37 Å². The van der Waals surface area contributed by atoms with Crippen LogP contribution < -0.4 is 0 Å². The second-order valence-electron chi connectivity index (χ2n) is 2.44. The molecule has 2 heterocycles. The van der Waals surface area contributed by atoms with Crippen LogP contribution in [0.2, 0.25) is 0 Å². The first-order valence-corrected chi connectivity index (χ1v) is 4.49. The molecule has 60 valence electrons. The van der Waals surface area contributed by atoms with E-state index in [0.29, 0.717) is 0 Å². The van der Waals surface area contributed by atoms with Crippen molar-refractivity contribution in [1.29, 1.82) is 0 Å². The summed E-state index contributed by atoms with van der Waals surface area (Å²) in [6.07, 6.45) is 9.82. The van der Waals surface area contributed by atoms with Crippen LogP contribution in [0.25, 0.3) is 12.2 Å². The van der Waals surface area contributed by atoms with Crippen LogP contribution in [-0.2, 0) is 0 Å². The number of nitrogens with zero attached hydrogens (tertiary/aromatic N) is 1. The molecule has 0 saturated carbocycles. The van der Waals surface area contributed by atoms with Crippen LogP contribution in [0.4, 0.5) is 0 Å². The lowest BCUT2D eigenvalue weighted by molar-refractivity contribution is 1.41. The predicted molar refractivity (Wildman–Crippen MR) is 51.8 cm³/mol. The van der Waals surface area contributed by atoms with E-state index in [9.17, 15) is 0 Å². The molecule has 0 radical (unpaired) electrons. The Morgan fingerprint density at radius 2 is 2.25 bits per heavy atom. The summed E-state index contributed by atoms with van der Waals surface area (Å²) in [5, 5.41) is 2.02. The Labute approximate surface area is 74.7 Å². The molecular weight excluding hydrogens is 168 g/mol. The molecule has 12 heavy (non-hydrogen) atoms. The van der Waals surface area contributed by atoms with Gasteiger partial charge in [0, 0.05) is 29.5 Å². The molecule has 0 atom stereocenters. The standard InChI is InChI=1S/C9H8N2S/c1(8-3-4-10-5-8)2-9-6-11-12-7-9/h1-7,10H/b2-1+. The van der Waals surface area contributed by atoms with Crippen molar-refractivity contribution in [2.45, 2.75) is 0 Å². The molecule has 2 aromatic heterocycles. The highest BCUT2D eigenvalue weighted by Gasteiger charge is 1.87. The summed E-state index contributed by atoms with van der Waals surface area (Å²) in [7, 11) is 0. The Balaban J connectivity index is 2.14.